The zero-order chi connectivity index (χ0) is 15.0. The topological polar surface area (TPSA) is 12.0 Å². The summed E-state index contributed by atoms with van der Waals surface area (Å²) in [5.41, 5.74) is -2.23. The lowest BCUT2D eigenvalue weighted by Gasteiger charge is -2.26. The molecule has 1 aliphatic heterocycles. The van der Waals surface area contributed by atoms with E-state index in [9.17, 15) is 26.3 Å². The van der Waals surface area contributed by atoms with Crippen LogP contribution >= 0.6 is 0 Å². The summed E-state index contributed by atoms with van der Waals surface area (Å²) in [7, 11) is 0. The Hall–Kier alpha value is -1.24. The fraction of sp³-hybridized carbons (Fsp3) is 0.538. The first-order chi connectivity index (χ1) is 9.19. The molecule has 1 heterocycles. The molecular weight excluding hydrogens is 284 g/mol. The van der Waals surface area contributed by atoms with Gasteiger partial charge in [0.2, 0.25) is 0 Å². The van der Waals surface area contributed by atoms with E-state index < -0.39 is 29.4 Å². The molecule has 1 fully saturated rings. The van der Waals surface area contributed by atoms with E-state index in [1.807, 2.05) is 0 Å². The third kappa shape index (κ3) is 3.26. The van der Waals surface area contributed by atoms with Gasteiger partial charge < -0.3 is 5.32 Å². The fourth-order valence-corrected chi connectivity index (χ4v) is 2.47. The fourth-order valence-electron chi connectivity index (χ4n) is 2.47. The van der Waals surface area contributed by atoms with Crippen LogP contribution in [0.4, 0.5) is 26.3 Å². The number of rotatable bonds is 1. The maximum absolute atomic E-state index is 12.9. The molecule has 0 spiro atoms. The average Bonchev–Trinajstić information content (AvgIpc) is 2.37. The van der Waals surface area contributed by atoms with E-state index in [4.69, 9.17) is 0 Å². The van der Waals surface area contributed by atoms with Crippen LogP contribution in [-0.4, -0.2) is 13.1 Å². The molecule has 0 bridgehead atoms. The summed E-state index contributed by atoms with van der Waals surface area (Å²) in [4.78, 5) is 0. The molecule has 112 valence electrons. The van der Waals surface area contributed by atoms with Crippen LogP contribution in [0.5, 0.6) is 0 Å². The van der Waals surface area contributed by atoms with Crippen molar-refractivity contribution in [2.45, 2.75) is 31.1 Å². The number of hydrogen-bond acceptors (Lipinski definition) is 1. The maximum Gasteiger partial charge on any atom is 0.416 e. The Morgan fingerprint density at radius 1 is 0.900 bits per heavy atom. The monoisotopic (exact) mass is 297 g/mol. The number of halogens is 6. The summed E-state index contributed by atoms with van der Waals surface area (Å²) in [6.45, 7) is 1.02. The Bertz CT molecular complexity index is 471. The van der Waals surface area contributed by atoms with E-state index in [-0.39, 0.29) is 5.56 Å². The molecule has 1 aromatic carbocycles. The number of nitrogens with one attached hydrogen (secondary N) is 1. The van der Waals surface area contributed by atoms with Crippen molar-refractivity contribution in [1.29, 1.82) is 0 Å². The van der Waals surface area contributed by atoms with Crippen molar-refractivity contribution in [3.63, 3.8) is 0 Å². The van der Waals surface area contributed by atoms with Crippen LogP contribution in [0.3, 0.4) is 0 Å². The number of hydrogen-bond donors (Lipinski definition) is 1. The lowest BCUT2D eigenvalue weighted by Crippen LogP contribution is -2.28. The molecule has 0 amide bonds. The minimum Gasteiger partial charge on any atom is -0.317 e. The third-order valence-electron chi connectivity index (χ3n) is 3.46. The number of piperidine rings is 1. The van der Waals surface area contributed by atoms with Gasteiger partial charge in [-0.1, -0.05) is 0 Å². The van der Waals surface area contributed by atoms with Gasteiger partial charge in [0.25, 0.3) is 0 Å². The largest absolute Gasteiger partial charge is 0.416 e. The lowest BCUT2D eigenvalue weighted by molar-refractivity contribution is -0.142. The zero-order valence-corrected chi connectivity index (χ0v) is 10.4. The van der Waals surface area contributed by atoms with E-state index in [1.54, 1.807) is 0 Å². The molecular formula is C13H13F6N. The zero-order valence-electron chi connectivity index (χ0n) is 10.4. The van der Waals surface area contributed by atoms with Crippen LogP contribution in [-0.2, 0) is 12.4 Å². The van der Waals surface area contributed by atoms with Crippen molar-refractivity contribution >= 4 is 0 Å². The van der Waals surface area contributed by atoms with E-state index in [2.05, 4.69) is 5.32 Å². The predicted molar refractivity (Wildman–Crippen MR) is 61.3 cm³/mol. The number of alkyl halides is 6. The lowest BCUT2D eigenvalue weighted by atomic mass is 9.86. The first-order valence-electron chi connectivity index (χ1n) is 6.18. The highest BCUT2D eigenvalue weighted by Gasteiger charge is 2.38. The van der Waals surface area contributed by atoms with Crippen LogP contribution in [0.15, 0.2) is 18.2 Å². The summed E-state index contributed by atoms with van der Waals surface area (Å²) in [5, 5.41) is 2.98. The van der Waals surface area contributed by atoms with Crippen molar-refractivity contribution in [2.24, 2.45) is 0 Å². The molecule has 2 rings (SSSR count). The summed E-state index contributed by atoms with van der Waals surface area (Å²) in [6, 6.07) is 1.69. The molecule has 0 unspecified atom stereocenters. The van der Waals surface area contributed by atoms with Crippen LogP contribution < -0.4 is 5.32 Å². The Labute approximate surface area is 112 Å². The number of benzene rings is 1. The maximum atomic E-state index is 12.9. The van der Waals surface area contributed by atoms with E-state index in [1.165, 1.54) is 0 Å². The van der Waals surface area contributed by atoms with Gasteiger partial charge in [0.15, 0.2) is 0 Å². The standard InChI is InChI=1S/C13H13F6N/c14-12(15,16)9-1-2-11(13(17,18)19)10(7-9)8-3-5-20-6-4-8/h1-2,7-8,20H,3-6H2. The van der Waals surface area contributed by atoms with Crippen LogP contribution in [0.1, 0.15) is 35.4 Å². The Balaban J connectivity index is 2.48. The summed E-state index contributed by atoms with van der Waals surface area (Å²) >= 11 is 0. The highest BCUT2D eigenvalue weighted by molar-refractivity contribution is 5.38. The molecule has 0 aromatic heterocycles. The van der Waals surface area contributed by atoms with Gasteiger partial charge in [-0.15, -0.1) is 0 Å². The molecule has 1 saturated heterocycles. The minimum absolute atomic E-state index is 0.242. The van der Waals surface area contributed by atoms with Gasteiger partial charge in [-0.05, 0) is 55.6 Å². The molecule has 20 heavy (non-hydrogen) atoms. The normalized spacial score (nSPS) is 18.3. The first-order valence-corrected chi connectivity index (χ1v) is 6.18. The van der Waals surface area contributed by atoms with Gasteiger partial charge in [0, 0.05) is 0 Å². The second-order valence-electron chi connectivity index (χ2n) is 4.82. The molecule has 0 aliphatic carbocycles. The predicted octanol–water partition coefficient (Wildman–Crippen LogP) is 4.19. The van der Waals surface area contributed by atoms with Crippen molar-refractivity contribution < 1.29 is 26.3 Å². The molecule has 1 nitrogen and oxygen atoms in total. The van der Waals surface area contributed by atoms with Gasteiger partial charge in [0.1, 0.15) is 0 Å². The summed E-state index contributed by atoms with van der Waals surface area (Å²) in [5.74, 6) is -0.491. The molecule has 0 atom stereocenters. The van der Waals surface area contributed by atoms with E-state index >= 15 is 0 Å². The average molecular weight is 297 g/mol. The first kappa shape index (κ1) is 15.2. The molecule has 0 radical (unpaired) electrons. The van der Waals surface area contributed by atoms with Gasteiger partial charge in [-0.25, -0.2) is 0 Å². The smallest absolute Gasteiger partial charge is 0.317 e. The molecule has 1 aliphatic rings. The minimum atomic E-state index is -4.63. The van der Waals surface area contributed by atoms with Crippen LogP contribution in [0, 0.1) is 0 Å². The molecule has 1 aromatic rings. The van der Waals surface area contributed by atoms with Gasteiger partial charge >= 0.3 is 12.4 Å². The van der Waals surface area contributed by atoms with Crippen molar-refractivity contribution in [1.82, 2.24) is 5.32 Å². The van der Waals surface area contributed by atoms with Crippen LogP contribution in [0.25, 0.3) is 0 Å². The quantitative estimate of drug-likeness (QED) is 0.766. The van der Waals surface area contributed by atoms with Gasteiger partial charge in [-0.2, -0.15) is 26.3 Å². The van der Waals surface area contributed by atoms with Crippen molar-refractivity contribution in [2.75, 3.05) is 13.1 Å². The Morgan fingerprint density at radius 2 is 1.50 bits per heavy atom. The Morgan fingerprint density at radius 3 is 2.00 bits per heavy atom. The Kier molecular flexibility index (Phi) is 4.00. The SMILES string of the molecule is FC(F)(F)c1ccc(C(F)(F)F)c(C2CCNCC2)c1. The summed E-state index contributed by atoms with van der Waals surface area (Å²) < 4.78 is 76.8. The van der Waals surface area contributed by atoms with Crippen molar-refractivity contribution in [3.05, 3.63) is 34.9 Å². The molecule has 7 heteroatoms. The van der Waals surface area contributed by atoms with Gasteiger partial charge in [-0.3, -0.25) is 0 Å². The highest BCUT2D eigenvalue weighted by Crippen LogP contribution is 2.41. The summed E-state index contributed by atoms with van der Waals surface area (Å²) in [6.07, 6.45) is -8.45. The highest BCUT2D eigenvalue weighted by atomic mass is 19.4. The van der Waals surface area contributed by atoms with Crippen molar-refractivity contribution in [3.8, 4) is 0 Å². The van der Waals surface area contributed by atoms with E-state index in [0.29, 0.717) is 44.1 Å². The molecule has 1 N–H and O–H groups in total. The second kappa shape index (κ2) is 5.27. The van der Waals surface area contributed by atoms with E-state index in [0.717, 1.165) is 0 Å². The second-order valence-corrected chi connectivity index (χ2v) is 4.82. The third-order valence-corrected chi connectivity index (χ3v) is 3.46. The molecule has 0 saturated carbocycles. The van der Waals surface area contributed by atoms with Gasteiger partial charge in [0.05, 0.1) is 11.1 Å². The van der Waals surface area contributed by atoms with Crippen LogP contribution in [0.2, 0.25) is 0 Å².